The fraction of sp³-hybridized carbons (Fsp3) is 0.467. The highest BCUT2D eigenvalue weighted by Gasteiger charge is 2.11. The van der Waals surface area contributed by atoms with Gasteiger partial charge in [-0.1, -0.05) is 12.1 Å². The number of aliphatic carboxylic acids is 1. The molecular formula is C15H22N2O4. The summed E-state index contributed by atoms with van der Waals surface area (Å²) in [5.41, 5.74) is 1.98. The molecule has 0 radical (unpaired) electrons. The van der Waals surface area contributed by atoms with Crippen LogP contribution in [0.25, 0.3) is 0 Å². The van der Waals surface area contributed by atoms with Crippen LogP contribution in [0.15, 0.2) is 18.2 Å². The molecule has 0 saturated heterocycles. The van der Waals surface area contributed by atoms with E-state index in [1.54, 1.807) is 7.05 Å². The van der Waals surface area contributed by atoms with Crippen LogP contribution in [0.2, 0.25) is 0 Å². The van der Waals surface area contributed by atoms with Crippen LogP contribution in [0.1, 0.15) is 24.5 Å². The number of carboxylic acids is 1. The highest BCUT2D eigenvalue weighted by molar-refractivity contribution is 5.75. The molecule has 0 atom stereocenters. The number of amides is 2. The maximum absolute atomic E-state index is 11.8. The minimum atomic E-state index is -0.924. The predicted molar refractivity (Wildman–Crippen MR) is 79.5 cm³/mol. The first-order valence-corrected chi connectivity index (χ1v) is 6.87. The van der Waals surface area contributed by atoms with Gasteiger partial charge in [0, 0.05) is 25.7 Å². The summed E-state index contributed by atoms with van der Waals surface area (Å²) in [6, 6.07) is 5.49. The van der Waals surface area contributed by atoms with Gasteiger partial charge in [-0.3, -0.25) is 4.79 Å². The second-order valence-electron chi connectivity index (χ2n) is 4.77. The third-order valence-corrected chi connectivity index (χ3v) is 2.96. The van der Waals surface area contributed by atoms with E-state index in [1.807, 2.05) is 32.0 Å². The normalized spacial score (nSPS) is 10.0. The number of benzene rings is 1. The van der Waals surface area contributed by atoms with Crippen LogP contribution < -0.4 is 10.1 Å². The molecule has 0 heterocycles. The Balaban J connectivity index is 2.58. The lowest BCUT2D eigenvalue weighted by Gasteiger charge is -2.18. The van der Waals surface area contributed by atoms with E-state index in [4.69, 9.17) is 9.84 Å². The van der Waals surface area contributed by atoms with Gasteiger partial charge in [0.15, 0.2) is 0 Å². The van der Waals surface area contributed by atoms with E-state index in [1.165, 1.54) is 4.90 Å². The van der Waals surface area contributed by atoms with Gasteiger partial charge in [-0.05, 0) is 25.5 Å². The number of hydrogen-bond acceptors (Lipinski definition) is 3. The number of nitrogens with zero attached hydrogens (tertiary/aromatic N) is 1. The fourth-order valence-corrected chi connectivity index (χ4v) is 1.77. The molecule has 0 fully saturated rings. The van der Waals surface area contributed by atoms with Crippen LogP contribution in [-0.4, -0.2) is 42.2 Å². The zero-order chi connectivity index (χ0) is 15.8. The Morgan fingerprint density at radius 1 is 1.38 bits per heavy atom. The number of aryl methyl sites for hydroxylation is 1. The first-order chi connectivity index (χ1) is 9.93. The Kier molecular flexibility index (Phi) is 6.52. The van der Waals surface area contributed by atoms with Gasteiger partial charge in [0.1, 0.15) is 5.75 Å². The van der Waals surface area contributed by atoms with Crippen molar-refractivity contribution in [2.45, 2.75) is 26.8 Å². The van der Waals surface area contributed by atoms with Crippen molar-refractivity contribution in [3.8, 4) is 5.75 Å². The molecule has 21 heavy (non-hydrogen) atoms. The highest BCUT2D eigenvalue weighted by Crippen LogP contribution is 2.20. The minimum absolute atomic E-state index is 0.0708. The number of carbonyl (C=O) groups excluding carboxylic acids is 1. The Morgan fingerprint density at radius 2 is 2.10 bits per heavy atom. The molecular weight excluding hydrogens is 272 g/mol. The monoisotopic (exact) mass is 294 g/mol. The molecule has 0 aromatic heterocycles. The molecule has 0 saturated carbocycles. The topological polar surface area (TPSA) is 78.9 Å². The van der Waals surface area contributed by atoms with Crippen LogP contribution >= 0.6 is 0 Å². The van der Waals surface area contributed by atoms with Crippen molar-refractivity contribution in [2.24, 2.45) is 0 Å². The first kappa shape index (κ1) is 16.8. The Morgan fingerprint density at radius 3 is 2.71 bits per heavy atom. The molecule has 6 heteroatoms. The number of carboxylic acid groups (broad SMARTS) is 1. The number of rotatable bonds is 7. The number of urea groups is 1. The molecule has 0 aliphatic rings. The van der Waals surface area contributed by atoms with Crippen LogP contribution in [-0.2, 0) is 11.3 Å². The van der Waals surface area contributed by atoms with Gasteiger partial charge in [0.2, 0.25) is 0 Å². The lowest BCUT2D eigenvalue weighted by Crippen LogP contribution is -2.38. The van der Waals surface area contributed by atoms with Crippen molar-refractivity contribution in [1.29, 1.82) is 0 Å². The summed E-state index contributed by atoms with van der Waals surface area (Å²) in [6.07, 6.45) is -0.0708. The Labute approximate surface area is 124 Å². The van der Waals surface area contributed by atoms with Gasteiger partial charge in [-0.2, -0.15) is 0 Å². The van der Waals surface area contributed by atoms with Crippen LogP contribution in [0.3, 0.4) is 0 Å². The van der Waals surface area contributed by atoms with Crippen molar-refractivity contribution in [3.05, 3.63) is 29.3 Å². The van der Waals surface area contributed by atoms with Crippen LogP contribution in [0.4, 0.5) is 4.79 Å². The zero-order valence-electron chi connectivity index (χ0n) is 12.7. The summed E-state index contributed by atoms with van der Waals surface area (Å²) < 4.78 is 5.55. The molecule has 0 spiro atoms. The van der Waals surface area contributed by atoms with Crippen molar-refractivity contribution < 1.29 is 19.4 Å². The summed E-state index contributed by atoms with van der Waals surface area (Å²) in [6.45, 7) is 4.96. The van der Waals surface area contributed by atoms with E-state index < -0.39 is 5.97 Å². The number of ether oxygens (including phenoxy) is 1. The lowest BCUT2D eigenvalue weighted by molar-refractivity contribution is -0.137. The minimum Gasteiger partial charge on any atom is -0.494 e. The van der Waals surface area contributed by atoms with E-state index >= 15 is 0 Å². The maximum atomic E-state index is 11.8. The van der Waals surface area contributed by atoms with Gasteiger partial charge >= 0.3 is 12.0 Å². The Bertz CT molecular complexity index is 502. The van der Waals surface area contributed by atoms with E-state index in [0.717, 1.165) is 16.9 Å². The van der Waals surface area contributed by atoms with E-state index in [0.29, 0.717) is 13.2 Å². The van der Waals surface area contributed by atoms with Crippen molar-refractivity contribution in [1.82, 2.24) is 10.2 Å². The molecule has 2 amide bonds. The third-order valence-electron chi connectivity index (χ3n) is 2.96. The second-order valence-corrected chi connectivity index (χ2v) is 4.77. The highest BCUT2D eigenvalue weighted by atomic mass is 16.5. The van der Waals surface area contributed by atoms with Crippen molar-refractivity contribution >= 4 is 12.0 Å². The number of carbonyl (C=O) groups is 2. The molecule has 1 aromatic carbocycles. The third kappa shape index (κ3) is 5.72. The van der Waals surface area contributed by atoms with E-state index in [2.05, 4.69) is 5.32 Å². The lowest BCUT2D eigenvalue weighted by atomic mass is 10.1. The summed E-state index contributed by atoms with van der Waals surface area (Å²) >= 11 is 0. The molecule has 6 nitrogen and oxygen atoms in total. The summed E-state index contributed by atoms with van der Waals surface area (Å²) in [7, 11) is 1.57. The Hall–Kier alpha value is -2.24. The zero-order valence-corrected chi connectivity index (χ0v) is 12.7. The quantitative estimate of drug-likeness (QED) is 0.806. The smallest absolute Gasteiger partial charge is 0.317 e. The van der Waals surface area contributed by atoms with Crippen LogP contribution in [0.5, 0.6) is 5.75 Å². The van der Waals surface area contributed by atoms with Crippen LogP contribution in [0, 0.1) is 6.92 Å². The predicted octanol–water partition coefficient (Wildman–Crippen LogP) is 2.01. The van der Waals surface area contributed by atoms with Gasteiger partial charge < -0.3 is 20.1 Å². The van der Waals surface area contributed by atoms with Crippen molar-refractivity contribution in [3.63, 3.8) is 0 Å². The molecule has 2 N–H and O–H groups in total. The molecule has 116 valence electrons. The number of nitrogens with one attached hydrogen (secondary N) is 1. The molecule has 0 unspecified atom stereocenters. The molecule has 1 rings (SSSR count). The second kappa shape index (κ2) is 8.14. The molecule has 0 bridgehead atoms. The van der Waals surface area contributed by atoms with E-state index in [9.17, 15) is 9.59 Å². The summed E-state index contributed by atoms with van der Waals surface area (Å²) in [5.74, 6) is -0.169. The standard InChI is InChI=1S/C15H22N2O4/c1-4-21-13-9-11(2)5-6-12(13)10-16-15(20)17(3)8-7-14(18)19/h5-6,9H,4,7-8,10H2,1-3H3,(H,16,20)(H,18,19). The average Bonchev–Trinajstić information content (AvgIpc) is 2.43. The molecule has 0 aliphatic carbocycles. The van der Waals surface area contributed by atoms with Crippen molar-refractivity contribution in [2.75, 3.05) is 20.2 Å². The van der Waals surface area contributed by atoms with Gasteiger partial charge in [-0.25, -0.2) is 4.79 Å². The summed E-state index contributed by atoms with van der Waals surface area (Å²) in [5, 5.41) is 11.4. The van der Waals surface area contributed by atoms with Gasteiger partial charge in [0.25, 0.3) is 0 Å². The fourth-order valence-electron chi connectivity index (χ4n) is 1.77. The largest absolute Gasteiger partial charge is 0.494 e. The SMILES string of the molecule is CCOc1cc(C)ccc1CNC(=O)N(C)CCC(=O)O. The summed E-state index contributed by atoms with van der Waals surface area (Å²) in [4.78, 5) is 23.7. The molecule has 0 aliphatic heterocycles. The molecule has 1 aromatic rings. The van der Waals surface area contributed by atoms with Gasteiger partial charge in [0.05, 0.1) is 13.0 Å². The first-order valence-electron chi connectivity index (χ1n) is 6.87. The number of hydrogen-bond donors (Lipinski definition) is 2. The van der Waals surface area contributed by atoms with Gasteiger partial charge in [-0.15, -0.1) is 0 Å². The average molecular weight is 294 g/mol. The maximum Gasteiger partial charge on any atom is 0.317 e. The van der Waals surface area contributed by atoms with E-state index in [-0.39, 0.29) is 19.0 Å².